The maximum atomic E-state index is 8.55. The highest BCUT2D eigenvalue weighted by atomic mass is 31.2. The van der Waals surface area contributed by atoms with Gasteiger partial charge < -0.3 is 32.7 Å². The van der Waals surface area contributed by atoms with E-state index in [1.165, 1.54) is 168 Å². The molecule has 272 valence electrons. The highest BCUT2D eigenvalue weighted by molar-refractivity contribution is 7.40. The molecule has 0 aliphatic heterocycles. The van der Waals surface area contributed by atoms with E-state index in [0.717, 1.165) is 0 Å². The molecule has 8 heteroatoms. The van der Waals surface area contributed by atoms with Gasteiger partial charge in [-0.1, -0.05) is 80.1 Å². The van der Waals surface area contributed by atoms with Crippen molar-refractivity contribution in [1.29, 1.82) is 0 Å². The van der Waals surface area contributed by atoms with Gasteiger partial charge >= 0.3 is 0 Å². The van der Waals surface area contributed by atoms with Crippen molar-refractivity contribution in [3.05, 3.63) is 0 Å². The molecule has 0 amide bonds. The van der Waals surface area contributed by atoms with E-state index in [0.29, 0.717) is 0 Å². The second-order valence-corrected chi connectivity index (χ2v) is 15.7. The van der Waals surface area contributed by atoms with Crippen LogP contribution in [0, 0.1) is 0 Å². The van der Waals surface area contributed by atoms with Crippen molar-refractivity contribution >= 4 is 7.82 Å². The number of hydrogen-bond donors (Lipinski definition) is 0. The maximum Gasteiger partial charge on any atom is 0.0782 e. The lowest BCUT2D eigenvalue weighted by atomic mass is 10.2. The van der Waals surface area contributed by atoms with Gasteiger partial charge in [-0.2, -0.15) is 7.82 Å². The SMILES string of the molecule is CCCCC[N+](C)(C)CCCCC.CCCCC[N+](C)(C)CCCCC.CCCCC[N+](C)(C)CCCCC.O=P([O-])([O-])[O-]. The molecule has 0 radical (unpaired) electrons. The molecule has 0 aromatic heterocycles. The fourth-order valence-corrected chi connectivity index (χ4v) is 5.07. The van der Waals surface area contributed by atoms with Gasteiger partial charge in [0.15, 0.2) is 0 Å². The third-order valence-electron chi connectivity index (χ3n) is 8.20. The topological polar surface area (TPSA) is 86.2 Å². The summed E-state index contributed by atoms with van der Waals surface area (Å²) in [6.45, 7) is 21.8. The van der Waals surface area contributed by atoms with Crippen molar-refractivity contribution in [1.82, 2.24) is 0 Å². The molecule has 0 spiro atoms. The Morgan fingerprint density at radius 2 is 0.455 bits per heavy atom. The van der Waals surface area contributed by atoms with Gasteiger partial charge in [-0.3, -0.25) is 0 Å². The predicted octanol–water partition coefficient (Wildman–Crippen LogP) is 7.51. The zero-order chi connectivity index (χ0) is 35.0. The summed E-state index contributed by atoms with van der Waals surface area (Å²) < 4.78 is 12.2. The van der Waals surface area contributed by atoms with E-state index in [9.17, 15) is 0 Å². The molecule has 44 heavy (non-hydrogen) atoms. The summed E-state index contributed by atoms with van der Waals surface area (Å²) in [5.41, 5.74) is 0. The number of unbranched alkanes of at least 4 members (excludes halogenated alkanes) is 12. The van der Waals surface area contributed by atoms with E-state index < -0.39 is 7.82 Å². The average molecular weight is 654 g/mol. The summed E-state index contributed by atoms with van der Waals surface area (Å²) in [7, 11) is 8.81. The molecule has 0 heterocycles. The Balaban J connectivity index is -0.000000253. The van der Waals surface area contributed by atoms with Crippen LogP contribution in [0.1, 0.15) is 157 Å². The summed E-state index contributed by atoms with van der Waals surface area (Å²) in [5, 5.41) is 0. The molecule has 0 rings (SSSR count). The van der Waals surface area contributed by atoms with Crippen LogP contribution in [0.15, 0.2) is 0 Å². The van der Waals surface area contributed by atoms with Crippen LogP contribution in [0.2, 0.25) is 0 Å². The van der Waals surface area contributed by atoms with Crippen LogP contribution < -0.4 is 14.7 Å². The molecule has 0 aromatic rings. The first-order chi connectivity index (χ1) is 20.4. The first-order valence-corrected chi connectivity index (χ1v) is 20.0. The summed E-state index contributed by atoms with van der Waals surface area (Å²) in [6.07, 6.45) is 24.8. The lowest BCUT2D eigenvalue weighted by molar-refractivity contribution is -0.890. The van der Waals surface area contributed by atoms with Crippen molar-refractivity contribution in [3.8, 4) is 0 Å². The Labute approximate surface area is 278 Å². The van der Waals surface area contributed by atoms with Gasteiger partial charge in [0.25, 0.3) is 0 Å². The predicted molar refractivity (Wildman–Crippen MR) is 190 cm³/mol. The smallest absolute Gasteiger partial charge is 0.0782 e. The Morgan fingerprint density at radius 3 is 0.545 bits per heavy atom. The standard InChI is InChI=1S/3C12H28N.H3O4P/c3*1-5-7-9-11-13(3,4)12-10-8-6-2;1-5(2,3)4/h3*5-12H2,1-4H3;(H3,1,2,3,4)/q3*+1;/p-3. The molecular weight excluding hydrogens is 569 g/mol. The Kier molecular flexibility index (Phi) is 38.0. The van der Waals surface area contributed by atoms with Crippen LogP contribution >= 0.6 is 7.82 Å². The molecule has 0 atom stereocenters. The monoisotopic (exact) mass is 654 g/mol. The van der Waals surface area contributed by atoms with Gasteiger partial charge in [0.2, 0.25) is 0 Å². The Hall–Kier alpha value is -0.0100. The number of hydrogen-bond acceptors (Lipinski definition) is 4. The first kappa shape index (κ1) is 50.8. The third-order valence-corrected chi connectivity index (χ3v) is 8.20. The summed E-state index contributed by atoms with van der Waals surface area (Å²) in [5.74, 6) is 0. The van der Waals surface area contributed by atoms with E-state index in [-0.39, 0.29) is 0 Å². The normalized spacial score (nSPS) is 12.0. The number of phosphoric acid groups is 1. The molecule has 7 nitrogen and oxygen atoms in total. The number of nitrogens with zero attached hydrogens (tertiary/aromatic N) is 3. The molecule has 0 fully saturated rings. The molecule has 0 aromatic carbocycles. The van der Waals surface area contributed by atoms with Gasteiger partial charge in [-0.05, 0) is 77.0 Å². The van der Waals surface area contributed by atoms with Gasteiger partial charge in [-0.15, -0.1) is 0 Å². The van der Waals surface area contributed by atoms with Gasteiger partial charge in [0, 0.05) is 0 Å². The van der Waals surface area contributed by atoms with Crippen LogP contribution in [-0.2, 0) is 4.57 Å². The van der Waals surface area contributed by atoms with Crippen molar-refractivity contribution < 1.29 is 32.7 Å². The van der Waals surface area contributed by atoms with Crippen LogP contribution in [0.25, 0.3) is 0 Å². The summed E-state index contributed by atoms with van der Waals surface area (Å²) >= 11 is 0. The summed E-state index contributed by atoms with van der Waals surface area (Å²) in [6, 6.07) is 0. The first-order valence-electron chi connectivity index (χ1n) is 18.6. The highest BCUT2D eigenvalue weighted by Crippen LogP contribution is 2.09. The minimum Gasteiger partial charge on any atom is -0.822 e. The van der Waals surface area contributed by atoms with Crippen molar-refractivity contribution in [2.75, 3.05) is 81.6 Å². The lowest BCUT2D eigenvalue weighted by Crippen LogP contribution is -2.41. The van der Waals surface area contributed by atoms with E-state index in [1.54, 1.807) is 0 Å². The molecule has 0 unspecified atom stereocenters. The minimum atomic E-state index is -5.39. The minimum absolute atomic E-state index is 1.22. The van der Waals surface area contributed by atoms with Gasteiger partial charge in [0.1, 0.15) is 0 Å². The van der Waals surface area contributed by atoms with E-state index >= 15 is 0 Å². The van der Waals surface area contributed by atoms with Crippen LogP contribution in [0.3, 0.4) is 0 Å². The highest BCUT2D eigenvalue weighted by Gasteiger charge is 2.14. The number of rotatable bonds is 24. The largest absolute Gasteiger partial charge is 0.822 e. The third kappa shape index (κ3) is 54.5. The Bertz CT molecular complexity index is 499. The molecular formula is C36H84N3O4P. The quantitative estimate of drug-likeness (QED) is 0.0613. The zero-order valence-corrected chi connectivity index (χ0v) is 33.3. The molecule has 0 aliphatic rings. The molecule has 0 bridgehead atoms. The number of quaternary nitrogens is 3. The van der Waals surface area contributed by atoms with Gasteiger partial charge in [-0.25, -0.2) is 0 Å². The lowest BCUT2D eigenvalue weighted by Gasteiger charge is -2.36. The van der Waals surface area contributed by atoms with Gasteiger partial charge in [0.05, 0.1) is 81.6 Å². The molecule has 0 N–H and O–H groups in total. The van der Waals surface area contributed by atoms with Crippen LogP contribution in [0.4, 0.5) is 0 Å². The second-order valence-electron chi connectivity index (χ2n) is 14.8. The second kappa shape index (κ2) is 32.9. The molecule has 0 saturated heterocycles. The molecule has 0 saturated carbocycles. The molecule has 0 aliphatic carbocycles. The van der Waals surface area contributed by atoms with Crippen molar-refractivity contribution in [3.63, 3.8) is 0 Å². The van der Waals surface area contributed by atoms with Crippen LogP contribution in [0.5, 0.6) is 0 Å². The summed E-state index contributed by atoms with van der Waals surface area (Å²) in [4.78, 5) is 25.6. The Morgan fingerprint density at radius 1 is 0.341 bits per heavy atom. The van der Waals surface area contributed by atoms with Crippen molar-refractivity contribution in [2.45, 2.75) is 157 Å². The van der Waals surface area contributed by atoms with Crippen LogP contribution in [-0.4, -0.2) is 95.0 Å². The zero-order valence-electron chi connectivity index (χ0n) is 32.4. The van der Waals surface area contributed by atoms with E-state index in [2.05, 4.69) is 83.8 Å². The van der Waals surface area contributed by atoms with Crippen molar-refractivity contribution in [2.24, 2.45) is 0 Å². The average Bonchev–Trinajstić information content (AvgIpc) is 2.89. The fourth-order valence-electron chi connectivity index (χ4n) is 5.07. The maximum absolute atomic E-state index is 8.55. The van der Waals surface area contributed by atoms with E-state index in [4.69, 9.17) is 19.2 Å². The fraction of sp³-hybridized carbons (Fsp3) is 1.00. The van der Waals surface area contributed by atoms with E-state index in [1.807, 2.05) is 0 Å².